The second-order valence-electron chi connectivity index (χ2n) is 28.1. The van der Waals surface area contributed by atoms with Crippen molar-refractivity contribution in [2.45, 2.75) is 190 Å². The topological polar surface area (TPSA) is 190 Å². The average molecular weight is 1260 g/mol. The van der Waals surface area contributed by atoms with Gasteiger partial charge in [-0.1, -0.05) is 60.6 Å². The van der Waals surface area contributed by atoms with Gasteiger partial charge in [0.05, 0.1) is 27.6 Å². The third kappa shape index (κ3) is 11.8. The first-order valence-electron chi connectivity index (χ1n) is 33.0. The number of fused-ring (bicyclic) bond motifs is 4. The minimum Gasteiger partial charge on any atom is -0.543 e. The van der Waals surface area contributed by atoms with Crippen molar-refractivity contribution in [2.75, 3.05) is 70.5 Å². The molecule has 6 aromatic rings. The molecule has 6 aliphatic rings. The van der Waals surface area contributed by atoms with Gasteiger partial charge in [0.25, 0.3) is 8.32 Å². The molecule has 0 aliphatic carbocycles. The van der Waals surface area contributed by atoms with Crippen LogP contribution in [-0.2, 0) is 27.8 Å². The number of carbonyl (C=O) groups excluding carboxylic acids is 3. The summed E-state index contributed by atoms with van der Waals surface area (Å²) in [6, 6.07) is 12.1. The summed E-state index contributed by atoms with van der Waals surface area (Å²) in [4.78, 5) is 74.5. The molecule has 484 valence electrons. The molecule has 6 saturated heterocycles. The highest BCUT2D eigenvalue weighted by molar-refractivity contribution is 6.78. The zero-order chi connectivity index (χ0) is 63.8. The van der Waals surface area contributed by atoms with Crippen LogP contribution in [0.25, 0.3) is 44.0 Å². The average Bonchev–Trinajstić information content (AvgIpc) is 1.05. The Labute approximate surface area is 525 Å². The quantitative estimate of drug-likeness (QED) is 0.0648. The van der Waals surface area contributed by atoms with Crippen LogP contribution in [0.15, 0.2) is 53.5 Å². The number of hydrogen-bond donors (Lipinski definition) is 2. The summed E-state index contributed by atoms with van der Waals surface area (Å²) in [6.45, 7) is 21.1. The van der Waals surface area contributed by atoms with Gasteiger partial charge in [0.2, 0.25) is 11.8 Å². The number of β-amino-alcohol motifs (C(OH)–C–C–N with tert-alkyl or cyclic N) is 1. The number of pyridine rings is 1. The lowest BCUT2D eigenvalue weighted by Crippen LogP contribution is -2.51. The number of aliphatic hydroxyl groups is 1. The Morgan fingerprint density at radius 3 is 2.29 bits per heavy atom. The molecule has 90 heavy (non-hydrogen) atoms. The fourth-order valence-electron chi connectivity index (χ4n) is 16.7. The number of aryl methyl sites for hydroxylation is 2. The van der Waals surface area contributed by atoms with Gasteiger partial charge in [-0.05, 0) is 166 Å². The smallest absolute Gasteiger partial charge is 0.409 e. The zero-order valence-corrected chi connectivity index (χ0v) is 54.8. The maximum absolute atomic E-state index is 18.0. The van der Waals surface area contributed by atoms with Crippen molar-refractivity contribution in [3.05, 3.63) is 81.9 Å². The van der Waals surface area contributed by atoms with E-state index in [0.717, 1.165) is 61.5 Å². The number of aromatic nitrogens is 5. The Hall–Kier alpha value is -6.62. The van der Waals surface area contributed by atoms with Crippen LogP contribution in [0.3, 0.4) is 0 Å². The van der Waals surface area contributed by atoms with Crippen molar-refractivity contribution in [2.24, 2.45) is 7.05 Å². The number of benzene rings is 3. The second kappa shape index (κ2) is 24.8. The van der Waals surface area contributed by atoms with Crippen molar-refractivity contribution >= 4 is 64.8 Å². The standard InChI is InChI=1S/C68H89F3N10O8Si/c1-10-49-52(69)15-13-46-33-48(89-90(41(2)3,42(4)5)43(6)7)35-50(57(46)49)59-58(70)60-51(36-72-59)61(79-27-11-22-66(8,86)38-79)75-63(74-60)88-40-68-23-12-28-80(68)47(19-24-68)37-87-65(85)78-31-25-67(71,26-32-78)39-77-29-20-44(21-30-77)45-14-16-53-55(34-45)76(9)64(84)81(53)54-17-18-56(82)73-62(54)83/h13-16,33-36,41-44,47,54,86H,10-12,17-32,37-40H2,1-9H3,(H,73,82,83)/t47-,54?,66+,68-/m0/s1. The van der Waals surface area contributed by atoms with Crippen LogP contribution in [0, 0.1) is 11.6 Å². The van der Waals surface area contributed by atoms with Crippen molar-refractivity contribution in [3.63, 3.8) is 0 Å². The molecule has 4 atom stereocenters. The SMILES string of the molecule is CCc1c(F)ccc2cc(O[Si](C(C)C)(C(C)C)C(C)C)cc(-c3ncc4c(N5CCC[C@@](C)(O)C5)nc(OC[C@@]56CCCN5[C@H](COC(=O)N5CCC(F)(CN7CCC(c8ccc9c(c8)n(C)c(=O)n9C8CCC(=O)NC8=O)CC7)CC5)CC6)nc4c3F)c12. The number of hydrogen-bond acceptors (Lipinski definition) is 14. The highest BCUT2D eigenvalue weighted by Gasteiger charge is 2.51. The molecule has 22 heteroatoms. The molecule has 2 N–H and O–H groups in total. The molecular formula is C68H89F3N10O8Si. The molecule has 0 spiro atoms. The van der Waals surface area contributed by atoms with Crippen LogP contribution < -0.4 is 25.1 Å². The number of rotatable bonds is 17. The number of ether oxygens (including phenoxy) is 2. The van der Waals surface area contributed by atoms with Gasteiger partial charge in [-0.15, -0.1) is 0 Å². The minimum absolute atomic E-state index is 0.000278. The van der Waals surface area contributed by atoms with E-state index in [2.05, 4.69) is 56.7 Å². The fourth-order valence-corrected chi connectivity index (χ4v) is 22.0. The molecule has 6 aliphatic heterocycles. The molecule has 9 heterocycles. The molecular weight excluding hydrogens is 1170 g/mol. The first-order chi connectivity index (χ1) is 42.9. The number of likely N-dealkylation sites (tertiary alicyclic amines) is 2. The van der Waals surface area contributed by atoms with E-state index < -0.39 is 49.0 Å². The van der Waals surface area contributed by atoms with E-state index in [9.17, 15) is 24.3 Å². The second-order valence-corrected chi connectivity index (χ2v) is 33.5. The first kappa shape index (κ1) is 63.5. The molecule has 3 aromatic carbocycles. The third-order valence-corrected chi connectivity index (χ3v) is 27.4. The summed E-state index contributed by atoms with van der Waals surface area (Å²) < 4.78 is 73.6. The molecule has 0 radical (unpaired) electrons. The lowest BCUT2D eigenvalue weighted by Gasteiger charge is -2.42. The van der Waals surface area contributed by atoms with Crippen LogP contribution in [0.5, 0.6) is 11.8 Å². The Morgan fingerprint density at radius 1 is 0.856 bits per heavy atom. The normalized spacial score (nSPS) is 23.9. The van der Waals surface area contributed by atoms with E-state index in [1.54, 1.807) is 35.7 Å². The van der Waals surface area contributed by atoms with Crippen molar-refractivity contribution < 1.29 is 46.6 Å². The zero-order valence-electron chi connectivity index (χ0n) is 53.8. The predicted octanol–water partition coefficient (Wildman–Crippen LogP) is 11.4. The van der Waals surface area contributed by atoms with Gasteiger partial charge < -0.3 is 33.7 Å². The number of halogens is 3. The molecule has 0 bridgehead atoms. The number of alkyl halides is 1. The molecule has 3 amide bonds. The van der Waals surface area contributed by atoms with Crippen LogP contribution in [-0.4, -0.2) is 159 Å². The number of nitrogens with zero attached hydrogens (tertiary/aromatic N) is 9. The van der Waals surface area contributed by atoms with Gasteiger partial charge in [0.15, 0.2) is 5.82 Å². The van der Waals surface area contributed by atoms with Crippen molar-refractivity contribution in [1.82, 2.24) is 44.1 Å². The number of piperidine rings is 4. The van der Waals surface area contributed by atoms with Gasteiger partial charge in [-0.25, -0.2) is 22.8 Å². The number of amides is 3. The number of nitrogens with one attached hydrogen (secondary N) is 1. The number of imide groups is 1. The number of imidazole rings is 1. The van der Waals surface area contributed by atoms with E-state index in [1.165, 1.54) is 10.6 Å². The molecule has 1 unspecified atom stereocenters. The first-order valence-corrected chi connectivity index (χ1v) is 35.1. The van der Waals surface area contributed by atoms with E-state index in [-0.39, 0.29) is 128 Å². The predicted molar refractivity (Wildman–Crippen MR) is 344 cm³/mol. The van der Waals surface area contributed by atoms with Crippen molar-refractivity contribution in [3.8, 4) is 23.0 Å². The maximum atomic E-state index is 18.0. The lowest BCUT2D eigenvalue weighted by molar-refractivity contribution is -0.135. The molecule has 12 rings (SSSR count). The molecule has 0 saturated carbocycles. The summed E-state index contributed by atoms with van der Waals surface area (Å²) in [5.74, 6) is -0.674. The Balaban J connectivity index is 0.706. The fraction of sp³-hybridized carbons (Fsp3) is 0.603. The maximum Gasteiger partial charge on any atom is 0.409 e. The lowest BCUT2D eigenvalue weighted by atomic mass is 9.87. The van der Waals surface area contributed by atoms with E-state index in [4.69, 9.17) is 28.9 Å². The van der Waals surface area contributed by atoms with Gasteiger partial charge in [-0.2, -0.15) is 9.97 Å². The van der Waals surface area contributed by atoms with Crippen LogP contribution in [0.4, 0.5) is 23.8 Å². The van der Waals surface area contributed by atoms with Gasteiger partial charge in [0.1, 0.15) is 53.5 Å². The Morgan fingerprint density at radius 2 is 1.59 bits per heavy atom. The van der Waals surface area contributed by atoms with Crippen LogP contribution >= 0.6 is 0 Å². The Kier molecular flexibility index (Phi) is 17.5. The minimum atomic E-state index is -2.50. The van der Waals surface area contributed by atoms with E-state index >= 15 is 13.2 Å². The van der Waals surface area contributed by atoms with E-state index in [1.807, 2.05) is 42.2 Å². The highest BCUT2D eigenvalue weighted by Crippen LogP contribution is 2.47. The third-order valence-electron chi connectivity index (χ3n) is 21.4. The molecule has 3 aromatic heterocycles. The Bertz CT molecular complexity index is 3780. The molecule has 6 fully saturated rings. The monoisotopic (exact) mass is 1260 g/mol. The van der Waals surface area contributed by atoms with Gasteiger partial charge in [0, 0.05) is 76.8 Å². The number of carbonyl (C=O) groups is 3. The van der Waals surface area contributed by atoms with E-state index in [0.29, 0.717) is 77.9 Å². The summed E-state index contributed by atoms with van der Waals surface area (Å²) >= 11 is 0. The number of anilines is 1. The largest absolute Gasteiger partial charge is 0.543 e. The summed E-state index contributed by atoms with van der Waals surface area (Å²) in [5, 5.41) is 15.4. The summed E-state index contributed by atoms with van der Waals surface area (Å²) in [5.41, 5.74) is 0.927. The van der Waals surface area contributed by atoms with Crippen LogP contribution in [0.1, 0.15) is 156 Å². The highest BCUT2D eigenvalue weighted by atomic mass is 28.4. The van der Waals surface area contributed by atoms with Crippen molar-refractivity contribution in [1.29, 1.82) is 0 Å². The van der Waals surface area contributed by atoms with Gasteiger partial charge >= 0.3 is 17.8 Å². The van der Waals surface area contributed by atoms with Gasteiger partial charge in [-0.3, -0.25) is 33.9 Å². The summed E-state index contributed by atoms with van der Waals surface area (Å²) in [6.07, 6.45) is 8.55. The van der Waals surface area contributed by atoms with Crippen LogP contribution in [0.2, 0.25) is 16.6 Å². The summed E-state index contributed by atoms with van der Waals surface area (Å²) in [7, 11) is -0.805. The molecule has 18 nitrogen and oxygen atoms in total.